The van der Waals surface area contributed by atoms with Crippen LogP contribution in [0.2, 0.25) is 0 Å². The summed E-state index contributed by atoms with van der Waals surface area (Å²) in [6.45, 7) is 2.24. The largest absolute Gasteiger partial charge is 0.241 e. The molecule has 0 amide bonds. The molecule has 0 heterocycles. The summed E-state index contributed by atoms with van der Waals surface area (Å²) in [5, 5.41) is 0. The van der Waals surface area contributed by atoms with E-state index in [1.807, 2.05) is 0 Å². The van der Waals surface area contributed by atoms with Crippen LogP contribution in [0.1, 0.15) is 43.7 Å². The maximum atomic E-state index is 5.87. The van der Waals surface area contributed by atoms with Gasteiger partial charge < -0.3 is 0 Å². The minimum absolute atomic E-state index is 0.874. The Morgan fingerprint density at radius 3 is 2.12 bits per heavy atom. The Hall–Kier alpha value is 0.0169. The maximum Gasteiger partial charge on any atom is 0.241 e. The highest BCUT2D eigenvalue weighted by molar-refractivity contribution is 7.33. The predicted molar refractivity (Wildman–Crippen MR) is 76.8 cm³/mol. The molecule has 1 rings (SSSR count). The lowest BCUT2D eigenvalue weighted by Crippen LogP contribution is -1.99. The molecule has 0 aliphatic heterocycles. The summed E-state index contributed by atoms with van der Waals surface area (Å²) in [6.07, 6.45) is 6.50. The molecule has 0 N–H and O–H groups in total. The van der Waals surface area contributed by atoms with Gasteiger partial charge in [0.25, 0.3) is 0 Å². The topological polar surface area (TPSA) is 0 Å². The van der Waals surface area contributed by atoms with Crippen molar-refractivity contribution < 1.29 is 0 Å². The zero-order chi connectivity index (χ0) is 11.8. The van der Waals surface area contributed by atoms with Gasteiger partial charge >= 0.3 is 0 Å². The van der Waals surface area contributed by atoms with E-state index in [4.69, 9.17) is 22.2 Å². The van der Waals surface area contributed by atoms with Gasteiger partial charge in [-0.2, -0.15) is 0 Å². The summed E-state index contributed by atoms with van der Waals surface area (Å²) in [6, 6.07) is 9.64. The van der Waals surface area contributed by atoms with Crippen molar-refractivity contribution in [1.82, 2.24) is 0 Å². The zero-order valence-electron chi connectivity index (χ0n) is 9.89. The molecule has 0 nitrogen and oxygen atoms in total. The lowest BCUT2D eigenvalue weighted by Gasteiger charge is -2.04. The van der Waals surface area contributed by atoms with Gasteiger partial charge in [0, 0.05) is 0 Å². The highest BCUT2D eigenvalue weighted by atomic mass is 35.7. The number of hydrogen-bond donors (Lipinski definition) is 0. The Bertz CT molecular complexity index is 282. The van der Waals surface area contributed by atoms with Crippen molar-refractivity contribution >= 4 is 29.6 Å². The average Bonchev–Trinajstić information content (AvgIpc) is 2.26. The van der Waals surface area contributed by atoms with E-state index in [0.717, 1.165) is 6.04 Å². The second-order valence-electron chi connectivity index (χ2n) is 4.22. The van der Waals surface area contributed by atoms with E-state index in [9.17, 15) is 0 Å². The van der Waals surface area contributed by atoms with Gasteiger partial charge in [0.05, 0.1) is 0 Å². The van der Waals surface area contributed by atoms with Crippen molar-refractivity contribution in [3.8, 4) is 0 Å². The lowest BCUT2D eigenvalue weighted by atomic mass is 10.1. The van der Waals surface area contributed by atoms with Gasteiger partial charge in [0.2, 0.25) is 7.42 Å². The first kappa shape index (κ1) is 14.1. The van der Waals surface area contributed by atoms with Gasteiger partial charge in [-0.3, -0.25) is 0 Å². The van der Waals surface area contributed by atoms with Crippen LogP contribution in [0.15, 0.2) is 24.3 Å². The summed E-state index contributed by atoms with van der Waals surface area (Å²) in [5.74, 6) is 0. The summed E-state index contributed by atoms with van der Waals surface area (Å²) < 4.78 is 0. The van der Waals surface area contributed by atoms with E-state index in [-0.39, 0.29) is 0 Å². The first-order chi connectivity index (χ1) is 7.72. The number of hydrogen-bond acceptors (Lipinski definition) is 0. The minimum atomic E-state index is -1.50. The molecule has 90 valence electrons. The monoisotopic (exact) mass is 274 g/mol. The molecule has 1 aromatic rings. The Morgan fingerprint density at radius 1 is 0.938 bits per heavy atom. The molecule has 3 heteroatoms. The van der Waals surface area contributed by atoms with Gasteiger partial charge in [-0.1, -0.05) is 50.5 Å². The summed E-state index contributed by atoms with van der Waals surface area (Å²) >= 11 is 11.7. The number of aryl methyl sites for hydroxylation is 1. The molecule has 0 saturated heterocycles. The summed E-state index contributed by atoms with van der Waals surface area (Å²) in [5.41, 5.74) is 2.71. The fourth-order valence-corrected chi connectivity index (χ4v) is 3.47. The number of unbranched alkanes of at least 4 members (excludes halogenated alkanes) is 3. The van der Waals surface area contributed by atoms with Gasteiger partial charge in [0.1, 0.15) is 0 Å². The van der Waals surface area contributed by atoms with Crippen molar-refractivity contribution in [3.63, 3.8) is 0 Å². The third-order valence-electron chi connectivity index (χ3n) is 2.73. The highest BCUT2D eigenvalue weighted by Crippen LogP contribution is 2.12. The molecule has 0 spiro atoms. The van der Waals surface area contributed by atoms with Crippen LogP contribution in [0.4, 0.5) is 0 Å². The van der Waals surface area contributed by atoms with Gasteiger partial charge in [0.15, 0.2) is 0 Å². The molecule has 0 saturated carbocycles. The van der Waals surface area contributed by atoms with Crippen LogP contribution in [0.3, 0.4) is 0 Å². The molecule has 0 aliphatic rings. The van der Waals surface area contributed by atoms with Crippen LogP contribution in [-0.4, -0.2) is 7.42 Å². The van der Waals surface area contributed by atoms with Gasteiger partial charge in [-0.05, 0) is 30.0 Å². The second-order valence-corrected chi connectivity index (χ2v) is 9.24. The van der Waals surface area contributed by atoms with Crippen LogP contribution >= 0.6 is 22.2 Å². The first-order valence-corrected chi connectivity index (χ1v) is 10.4. The Balaban J connectivity index is 2.33. The van der Waals surface area contributed by atoms with E-state index < -0.39 is 7.42 Å². The fraction of sp³-hybridized carbons (Fsp3) is 0.538. The standard InChI is InChI=1S/C13H20Cl2Si/c1-2-3-4-5-6-12-7-9-13(10-8-12)11-16(14)15/h7-10,16H,2-6,11H2,1H3. The lowest BCUT2D eigenvalue weighted by molar-refractivity contribution is 0.667. The molecule has 0 bridgehead atoms. The zero-order valence-corrected chi connectivity index (χ0v) is 12.6. The number of halogens is 2. The highest BCUT2D eigenvalue weighted by Gasteiger charge is 2.03. The SMILES string of the molecule is CCCCCCc1ccc(C[SiH](Cl)Cl)cc1. The smallest absolute Gasteiger partial charge is 0.150 e. The Kier molecular flexibility index (Phi) is 7.18. The van der Waals surface area contributed by atoms with E-state index in [1.54, 1.807) is 0 Å². The molecule has 0 radical (unpaired) electrons. The predicted octanol–water partition coefficient (Wildman–Crippen LogP) is 4.59. The summed E-state index contributed by atoms with van der Waals surface area (Å²) in [4.78, 5) is 0. The van der Waals surface area contributed by atoms with E-state index >= 15 is 0 Å². The number of rotatable bonds is 7. The van der Waals surface area contributed by atoms with Crippen molar-refractivity contribution in [3.05, 3.63) is 35.4 Å². The normalized spacial score (nSPS) is 11.0. The van der Waals surface area contributed by atoms with Crippen LogP contribution < -0.4 is 0 Å². The molecule has 16 heavy (non-hydrogen) atoms. The van der Waals surface area contributed by atoms with Crippen LogP contribution in [-0.2, 0) is 12.5 Å². The molecule has 1 aromatic carbocycles. The third kappa shape index (κ3) is 5.93. The second kappa shape index (κ2) is 8.16. The molecular formula is C13H20Cl2Si. The Morgan fingerprint density at radius 2 is 1.56 bits per heavy atom. The maximum absolute atomic E-state index is 5.87. The quantitative estimate of drug-likeness (QED) is 0.388. The van der Waals surface area contributed by atoms with Crippen LogP contribution in [0.5, 0.6) is 0 Å². The van der Waals surface area contributed by atoms with E-state index in [2.05, 4.69) is 31.2 Å². The van der Waals surface area contributed by atoms with Crippen molar-refractivity contribution in [2.75, 3.05) is 0 Å². The van der Waals surface area contributed by atoms with Gasteiger partial charge in [-0.25, -0.2) is 0 Å². The van der Waals surface area contributed by atoms with Crippen molar-refractivity contribution in [2.24, 2.45) is 0 Å². The molecule has 0 aliphatic carbocycles. The van der Waals surface area contributed by atoms with Gasteiger partial charge in [-0.15, -0.1) is 22.2 Å². The molecule has 0 aromatic heterocycles. The third-order valence-corrected chi connectivity index (χ3v) is 4.44. The molecule has 0 fully saturated rings. The summed E-state index contributed by atoms with van der Waals surface area (Å²) in [7, 11) is -1.50. The van der Waals surface area contributed by atoms with E-state index in [1.165, 1.54) is 43.2 Å². The molecule has 0 unspecified atom stereocenters. The Labute approximate surface area is 110 Å². The molecular weight excluding hydrogens is 255 g/mol. The first-order valence-electron chi connectivity index (χ1n) is 6.08. The van der Waals surface area contributed by atoms with Crippen LogP contribution in [0.25, 0.3) is 0 Å². The van der Waals surface area contributed by atoms with Crippen LogP contribution in [0, 0.1) is 0 Å². The fourth-order valence-electron chi connectivity index (χ4n) is 1.78. The van der Waals surface area contributed by atoms with Crippen molar-refractivity contribution in [2.45, 2.75) is 45.1 Å². The van der Waals surface area contributed by atoms with Crippen molar-refractivity contribution in [1.29, 1.82) is 0 Å². The molecule has 0 atom stereocenters. The minimum Gasteiger partial charge on any atom is -0.150 e. The average molecular weight is 275 g/mol. The number of benzene rings is 1. The van der Waals surface area contributed by atoms with E-state index in [0.29, 0.717) is 0 Å².